The summed E-state index contributed by atoms with van der Waals surface area (Å²) in [6, 6.07) is 0. The second-order valence-electron chi connectivity index (χ2n) is 6.63. The van der Waals surface area contributed by atoms with Crippen LogP contribution in [-0.2, 0) is 0 Å². The molecular weight excluding hydrogens is 172 g/mol. The van der Waals surface area contributed by atoms with Crippen LogP contribution in [0, 0.1) is 5.92 Å². The van der Waals surface area contributed by atoms with Crippen molar-refractivity contribution in [3.63, 3.8) is 0 Å². The molecule has 1 saturated heterocycles. The third kappa shape index (κ3) is 4.43. The quantitative estimate of drug-likeness (QED) is 0.607. The fourth-order valence-corrected chi connectivity index (χ4v) is 2.18. The lowest BCUT2D eigenvalue weighted by molar-refractivity contribution is -0.897. The van der Waals surface area contributed by atoms with E-state index in [2.05, 4.69) is 35.2 Å². The first kappa shape index (κ1) is 12.0. The topological polar surface area (TPSA) is 0 Å². The molecule has 0 N–H and O–H groups in total. The zero-order chi connectivity index (χ0) is 10.8. The number of hydrogen-bond donors (Lipinski definition) is 0. The number of piperidine rings is 1. The van der Waals surface area contributed by atoms with Gasteiger partial charge in [0, 0.05) is 0 Å². The minimum absolute atomic E-state index is 0.999. The fraction of sp³-hybridized carbons (Fsp3) is 1.00. The third-order valence-corrected chi connectivity index (χ3v) is 3.49. The van der Waals surface area contributed by atoms with Crippen LogP contribution in [-0.4, -0.2) is 63.8 Å². The van der Waals surface area contributed by atoms with Crippen LogP contribution in [0.4, 0.5) is 0 Å². The minimum atomic E-state index is 0.999. The maximum Gasteiger partial charge on any atom is 0.0785 e. The van der Waals surface area contributed by atoms with Crippen molar-refractivity contribution >= 4 is 0 Å². The molecule has 0 atom stereocenters. The molecule has 1 aliphatic rings. The van der Waals surface area contributed by atoms with Crippen molar-refractivity contribution in [2.45, 2.75) is 19.3 Å². The molecule has 14 heavy (non-hydrogen) atoms. The van der Waals surface area contributed by atoms with Crippen LogP contribution in [0.1, 0.15) is 19.3 Å². The summed E-state index contributed by atoms with van der Waals surface area (Å²) in [5.74, 6) is 0.999. The van der Waals surface area contributed by atoms with Gasteiger partial charge in [-0.2, -0.15) is 0 Å². The maximum atomic E-state index is 2.36. The Labute approximate surface area is 89.7 Å². The molecule has 0 aromatic heterocycles. The third-order valence-electron chi connectivity index (χ3n) is 3.49. The first-order chi connectivity index (χ1) is 6.29. The van der Waals surface area contributed by atoms with E-state index in [0.29, 0.717) is 0 Å². The second kappa shape index (κ2) is 4.19. The van der Waals surface area contributed by atoms with Crippen LogP contribution < -0.4 is 0 Å². The van der Waals surface area contributed by atoms with Gasteiger partial charge in [-0.15, -0.1) is 0 Å². The molecule has 0 radical (unpaired) electrons. The van der Waals surface area contributed by atoms with Crippen LogP contribution in [0.15, 0.2) is 0 Å². The van der Waals surface area contributed by atoms with Crippen LogP contribution in [0.5, 0.6) is 0 Å². The smallest absolute Gasteiger partial charge is 0.0785 e. The molecule has 84 valence electrons. The summed E-state index contributed by atoms with van der Waals surface area (Å²) in [6.45, 7) is 4.09. The molecule has 0 aliphatic carbocycles. The van der Waals surface area contributed by atoms with E-state index in [-0.39, 0.29) is 0 Å². The van der Waals surface area contributed by atoms with Gasteiger partial charge in [-0.1, -0.05) is 0 Å². The van der Waals surface area contributed by atoms with Gasteiger partial charge in [0.1, 0.15) is 0 Å². The Bertz CT molecular complexity index is 169. The molecular formula is C12H28N2+2. The summed E-state index contributed by atoms with van der Waals surface area (Å²) in [6.07, 6.45) is 4.30. The summed E-state index contributed by atoms with van der Waals surface area (Å²) in [4.78, 5) is 0. The van der Waals surface area contributed by atoms with E-state index in [1.165, 1.54) is 43.4 Å². The molecule has 1 rings (SSSR count). The standard InChI is InChI=1S/C12H28N2/c1-13(2,3)9-6-12-7-10-14(4,5)11-8-12/h12H,6-11H2,1-5H3/q+2. The van der Waals surface area contributed by atoms with Crippen molar-refractivity contribution in [1.82, 2.24) is 0 Å². The van der Waals surface area contributed by atoms with Crippen LogP contribution in [0.25, 0.3) is 0 Å². The SMILES string of the molecule is C[N+](C)(C)CCC1CC[N+](C)(C)CC1. The predicted octanol–water partition coefficient (Wildman–Crippen LogP) is 1.57. The van der Waals surface area contributed by atoms with Gasteiger partial charge in [-0.25, -0.2) is 0 Å². The highest BCUT2D eigenvalue weighted by atomic mass is 15.3. The summed E-state index contributed by atoms with van der Waals surface area (Å²) in [7, 11) is 11.6. The Morgan fingerprint density at radius 3 is 2.00 bits per heavy atom. The van der Waals surface area contributed by atoms with Crippen molar-refractivity contribution in [3.8, 4) is 0 Å². The molecule has 0 aromatic carbocycles. The molecule has 0 amide bonds. The second-order valence-corrected chi connectivity index (χ2v) is 6.63. The van der Waals surface area contributed by atoms with Crippen molar-refractivity contribution in [3.05, 3.63) is 0 Å². The van der Waals surface area contributed by atoms with Crippen LogP contribution >= 0.6 is 0 Å². The Hall–Kier alpha value is -0.0800. The minimum Gasteiger partial charge on any atom is -0.331 e. The van der Waals surface area contributed by atoms with Crippen molar-refractivity contribution in [1.29, 1.82) is 0 Å². The highest BCUT2D eigenvalue weighted by Gasteiger charge is 2.26. The van der Waals surface area contributed by atoms with E-state index in [1.54, 1.807) is 0 Å². The Balaban J connectivity index is 2.23. The average molecular weight is 200 g/mol. The van der Waals surface area contributed by atoms with Gasteiger partial charge in [-0.05, 0) is 25.2 Å². The summed E-state index contributed by atoms with van der Waals surface area (Å²) < 4.78 is 2.36. The van der Waals surface area contributed by atoms with Gasteiger partial charge in [0.05, 0.1) is 54.9 Å². The normalized spacial score (nSPS) is 23.8. The van der Waals surface area contributed by atoms with Gasteiger partial charge < -0.3 is 8.97 Å². The first-order valence-electron chi connectivity index (χ1n) is 5.91. The highest BCUT2D eigenvalue weighted by Crippen LogP contribution is 2.23. The average Bonchev–Trinajstić information content (AvgIpc) is 2.01. The van der Waals surface area contributed by atoms with Crippen molar-refractivity contribution in [2.24, 2.45) is 5.92 Å². The Morgan fingerprint density at radius 1 is 1.07 bits per heavy atom. The van der Waals surface area contributed by atoms with Crippen molar-refractivity contribution < 1.29 is 8.97 Å². The van der Waals surface area contributed by atoms with E-state index in [0.717, 1.165) is 10.4 Å². The Kier molecular flexibility index (Phi) is 3.59. The van der Waals surface area contributed by atoms with E-state index in [9.17, 15) is 0 Å². The molecule has 0 aromatic rings. The number of quaternary nitrogens is 2. The fourth-order valence-electron chi connectivity index (χ4n) is 2.18. The van der Waals surface area contributed by atoms with Gasteiger partial charge >= 0.3 is 0 Å². The summed E-state index contributed by atoms with van der Waals surface area (Å²) in [5.41, 5.74) is 0. The number of nitrogens with zero attached hydrogens (tertiary/aromatic N) is 2. The Morgan fingerprint density at radius 2 is 1.57 bits per heavy atom. The number of hydrogen-bond acceptors (Lipinski definition) is 0. The molecule has 2 heteroatoms. The molecule has 1 fully saturated rings. The highest BCUT2D eigenvalue weighted by molar-refractivity contribution is 4.63. The number of likely N-dealkylation sites (tertiary alicyclic amines) is 1. The zero-order valence-corrected chi connectivity index (χ0v) is 10.7. The summed E-state index contributed by atoms with van der Waals surface area (Å²) >= 11 is 0. The van der Waals surface area contributed by atoms with E-state index >= 15 is 0 Å². The molecule has 1 aliphatic heterocycles. The largest absolute Gasteiger partial charge is 0.331 e. The van der Waals surface area contributed by atoms with Crippen LogP contribution in [0.3, 0.4) is 0 Å². The predicted molar refractivity (Wildman–Crippen MR) is 62.1 cm³/mol. The monoisotopic (exact) mass is 200 g/mol. The number of rotatable bonds is 3. The molecule has 1 heterocycles. The molecule has 2 nitrogen and oxygen atoms in total. The maximum absolute atomic E-state index is 2.36. The molecule has 0 spiro atoms. The zero-order valence-electron chi connectivity index (χ0n) is 10.7. The summed E-state index contributed by atoms with van der Waals surface area (Å²) in [5, 5.41) is 0. The van der Waals surface area contributed by atoms with Gasteiger partial charge in [0.25, 0.3) is 0 Å². The lowest BCUT2D eigenvalue weighted by Gasteiger charge is -2.37. The van der Waals surface area contributed by atoms with Gasteiger partial charge in [0.15, 0.2) is 0 Å². The lowest BCUT2D eigenvalue weighted by Crippen LogP contribution is -2.46. The van der Waals surface area contributed by atoms with Gasteiger partial charge in [-0.3, -0.25) is 0 Å². The first-order valence-corrected chi connectivity index (χ1v) is 5.91. The molecule has 0 bridgehead atoms. The lowest BCUT2D eigenvalue weighted by atomic mass is 9.92. The molecule has 0 unspecified atom stereocenters. The van der Waals surface area contributed by atoms with Crippen molar-refractivity contribution in [2.75, 3.05) is 54.9 Å². The van der Waals surface area contributed by atoms with E-state index < -0.39 is 0 Å². The van der Waals surface area contributed by atoms with E-state index in [1.807, 2.05) is 0 Å². The molecule has 0 saturated carbocycles. The van der Waals surface area contributed by atoms with Crippen LogP contribution in [0.2, 0.25) is 0 Å². The van der Waals surface area contributed by atoms with E-state index in [4.69, 9.17) is 0 Å². The van der Waals surface area contributed by atoms with Gasteiger partial charge in [0.2, 0.25) is 0 Å².